The van der Waals surface area contributed by atoms with Crippen molar-refractivity contribution in [1.82, 2.24) is 9.97 Å². The molecule has 5 heterocycles. The Labute approximate surface area is 215 Å². The minimum absolute atomic E-state index is 0. The number of hydrogen-bond donors (Lipinski definition) is 0. The van der Waals surface area contributed by atoms with Crippen LogP contribution in [0.25, 0.3) is 0 Å². The predicted molar refractivity (Wildman–Crippen MR) is 135 cm³/mol. The number of benzene rings is 2. The summed E-state index contributed by atoms with van der Waals surface area (Å²) in [5.41, 5.74) is 6.72. The summed E-state index contributed by atoms with van der Waals surface area (Å²) >= 11 is 0. The van der Waals surface area contributed by atoms with Gasteiger partial charge in [0.05, 0.1) is 11.4 Å². The van der Waals surface area contributed by atoms with Crippen molar-refractivity contribution in [2.24, 2.45) is 0 Å². The Hall–Kier alpha value is -3.24. The second-order valence-electron chi connectivity index (χ2n) is 8.49. The number of hydrogen-bond acceptors (Lipinski definition) is 6. The third kappa shape index (κ3) is 3.48. The molecule has 0 saturated carbocycles. The summed E-state index contributed by atoms with van der Waals surface area (Å²) in [6.07, 6.45) is 0.681. The molecule has 0 atom stereocenters. The molecule has 3 aliphatic heterocycles. The summed E-state index contributed by atoms with van der Waals surface area (Å²) in [5.74, 6) is 1.85. The summed E-state index contributed by atoms with van der Waals surface area (Å²) in [6.45, 7) is 1.69. The van der Waals surface area contributed by atoms with Gasteiger partial charge in [-0.15, -0.1) is 0 Å². The zero-order valence-electron chi connectivity index (χ0n) is 18.4. The van der Waals surface area contributed by atoms with E-state index >= 15 is 0 Å². The molecule has 9 heteroatoms. The summed E-state index contributed by atoms with van der Waals surface area (Å²) in [6, 6.07) is 29.5. The van der Waals surface area contributed by atoms with Crippen molar-refractivity contribution in [3.05, 3.63) is 96.3 Å². The predicted octanol–water partition coefficient (Wildman–Crippen LogP) is 4.06. The molecule has 0 unspecified atom stereocenters. The van der Waals surface area contributed by atoms with E-state index in [2.05, 4.69) is 119 Å². The number of aromatic nitrogens is 2. The van der Waals surface area contributed by atoms with Crippen molar-refractivity contribution in [3.63, 3.8) is 0 Å². The van der Waals surface area contributed by atoms with Gasteiger partial charge < -0.3 is 19.2 Å². The van der Waals surface area contributed by atoms with Crippen LogP contribution >= 0.6 is 0 Å². The van der Waals surface area contributed by atoms with Crippen LogP contribution in [0.3, 0.4) is 0 Å². The first-order valence-corrected chi connectivity index (χ1v) is 11.3. The topological polar surface area (TPSA) is 38.7 Å². The molecule has 0 amide bonds. The number of fused-ring (bicyclic) bond motifs is 16. The number of anilines is 6. The second-order valence-corrected chi connectivity index (χ2v) is 8.49. The number of pyridine rings is 2. The maximum atomic E-state index is 4.99. The molecule has 166 valence electrons. The van der Waals surface area contributed by atoms with Crippen molar-refractivity contribution >= 4 is 49.5 Å². The third-order valence-electron chi connectivity index (χ3n) is 6.43. The molecule has 8 bridgehead atoms. The van der Waals surface area contributed by atoms with Crippen LogP contribution in [0.4, 0.5) is 34.4 Å². The minimum Gasteiger partial charge on any atom is -0.395 e. The Morgan fingerprint density at radius 3 is 1.44 bits per heavy atom. The second kappa shape index (κ2) is 8.52. The Kier molecular flexibility index (Phi) is 5.34. The molecule has 2 aromatic carbocycles. The summed E-state index contributed by atoms with van der Waals surface area (Å²) < 4.78 is 0. The minimum atomic E-state index is 0. The molecule has 0 N–H and O–H groups in total. The van der Waals surface area contributed by atoms with Crippen molar-refractivity contribution in [3.8, 4) is 0 Å². The van der Waals surface area contributed by atoms with Crippen LogP contribution in [0, 0.1) is 0 Å². The van der Waals surface area contributed by atoms with E-state index in [4.69, 9.17) is 9.97 Å². The summed E-state index contributed by atoms with van der Waals surface area (Å²) in [7, 11) is 4.35. The van der Waals surface area contributed by atoms with Gasteiger partial charge in [0.25, 0.3) is 0 Å². The van der Waals surface area contributed by atoms with Crippen LogP contribution < -0.4 is 19.2 Å². The quantitative estimate of drug-likeness (QED) is 0.276. The Balaban J connectivity index is 0.00000217. The molecule has 0 aliphatic carbocycles. The molecule has 0 spiro atoms. The summed E-state index contributed by atoms with van der Waals surface area (Å²) in [5, 5.41) is 0. The smallest absolute Gasteiger partial charge is 0.395 e. The van der Waals surface area contributed by atoms with Gasteiger partial charge in [-0.1, -0.05) is 36.4 Å². The Bertz CT molecular complexity index is 1270. The fraction of sp³-hybridized carbons (Fsp3) is 0.120. The molecule has 3 aliphatic rings. The van der Waals surface area contributed by atoms with E-state index in [1.807, 2.05) is 0 Å². The van der Waals surface area contributed by atoms with Crippen molar-refractivity contribution in [2.45, 2.75) is 6.42 Å². The number of para-hydroxylation sites is 4. The van der Waals surface area contributed by atoms with Gasteiger partial charge in [-0.3, -0.25) is 0 Å². The molecule has 0 saturated heterocycles. The molecule has 2 radical (unpaired) electrons. The van der Waals surface area contributed by atoms with Crippen LogP contribution in [0.1, 0.15) is 11.4 Å². The van der Waals surface area contributed by atoms with Gasteiger partial charge in [0.15, 0.2) is 0 Å². The average Bonchev–Trinajstić information content (AvgIpc) is 3.41. The largest absolute Gasteiger partial charge is 0.397 e. The van der Waals surface area contributed by atoms with Gasteiger partial charge in [-0.2, -0.15) is 0 Å². The molecule has 0 fully saturated rings. The van der Waals surface area contributed by atoms with Crippen molar-refractivity contribution in [2.75, 3.05) is 32.3 Å². The maximum Gasteiger partial charge on any atom is 0.397 e. The Morgan fingerprint density at radius 2 is 0.971 bits per heavy atom. The molecule has 4 aromatic rings. The number of nitrogens with zero attached hydrogens (tertiary/aromatic N) is 6. The van der Waals surface area contributed by atoms with E-state index in [1.54, 1.807) is 0 Å². The molecular weight excluding hydrogens is 601 g/mol. The fourth-order valence-electron chi connectivity index (χ4n) is 4.87. The zero-order chi connectivity index (χ0) is 21.8. The zero-order valence-corrected chi connectivity index (χ0v) is 20.6. The van der Waals surface area contributed by atoms with Gasteiger partial charge in [0.2, 0.25) is 0 Å². The van der Waals surface area contributed by atoms with Crippen LogP contribution in [-0.4, -0.2) is 38.2 Å². The molecule has 7 rings (SSSR count). The van der Waals surface area contributed by atoms with Gasteiger partial charge in [0.1, 0.15) is 11.6 Å². The molecule has 6 nitrogen and oxygen atoms in total. The standard InChI is InChI=1S/C25H20B2N6.Pt/c1-3-11-22-20(9-1)30-15-16-31-21-10-2-4-12-23(21)33(27-31)25-14-6-8-19(29-25)17-18-7-5-13-24(28-18)32(22)26-30;/h1-14H,15-17H2;. The van der Waals surface area contributed by atoms with E-state index in [1.165, 1.54) is 11.4 Å². The molecule has 2 aromatic heterocycles. The van der Waals surface area contributed by atoms with Crippen LogP contribution in [0.15, 0.2) is 84.9 Å². The van der Waals surface area contributed by atoms with Gasteiger partial charge in [-0.05, 0) is 48.5 Å². The van der Waals surface area contributed by atoms with E-state index in [0.717, 1.165) is 47.5 Å². The first-order chi connectivity index (χ1) is 16.3. The first kappa shape index (κ1) is 21.3. The van der Waals surface area contributed by atoms with E-state index in [9.17, 15) is 0 Å². The van der Waals surface area contributed by atoms with E-state index in [-0.39, 0.29) is 21.1 Å². The molecule has 34 heavy (non-hydrogen) atoms. The number of rotatable bonds is 0. The van der Waals surface area contributed by atoms with Crippen molar-refractivity contribution in [1.29, 1.82) is 0 Å². The maximum absolute atomic E-state index is 4.99. The third-order valence-corrected chi connectivity index (χ3v) is 6.43. The van der Waals surface area contributed by atoms with E-state index < -0.39 is 0 Å². The van der Waals surface area contributed by atoms with Crippen LogP contribution in [0.2, 0.25) is 0 Å². The van der Waals surface area contributed by atoms with Gasteiger partial charge in [-0.25, -0.2) is 9.97 Å². The van der Waals surface area contributed by atoms with Crippen LogP contribution in [-0.2, 0) is 27.5 Å². The normalized spacial score (nSPS) is 15.3. The SMILES string of the molecule is [B]1N2CCN3[B]N(c4cccc(n4)Cc4cccc(n4)N1c1ccccc12)c1ccccc13.[Pt]. The van der Waals surface area contributed by atoms with Gasteiger partial charge in [0, 0.05) is 63.3 Å². The van der Waals surface area contributed by atoms with Gasteiger partial charge >= 0.3 is 15.1 Å². The van der Waals surface area contributed by atoms with Crippen molar-refractivity contribution < 1.29 is 21.1 Å². The van der Waals surface area contributed by atoms with Crippen LogP contribution in [0.5, 0.6) is 0 Å². The molecular formula is C25H20B2N6Pt. The summed E-state index contributed by atoms with van der Waals surface area (Å²) in [4.78, 5) is 19.0. The monoisotopic (exact) mass is 621 g/mol. The Morgan fingerprint density at radius 1 is 0.529 bits per heavy atom. The van der Waals surface area contributed by atoms with E-state index in [0.29, 0.717) is 6.42 Å². The fourth-order valence-corrected chi connectivity index (χ4v) is 4.87. The average molecular weight is 621 g/mol. The first-order valence-electron chi connectivity index (χ1n) is 11.3.